The quantitative estimate of drug-likeness (QED) is 0.642. The zero-order valence-electron chi connectivity index (χ0n) is 15.2. The molecule has 8 nitrogen and oxygen atoms in total. The number of benzene rings is 1. The number of rotatable bonds is 4. The van der Waals surface area contributed by atoms with Gasteiger partial charge in [0.05, 0.1) is 18.7 Å². The molecule has 8 heteroatoms. The first-order chi connectivity index (χ1) is 13.1. The third-order valence-electron chi connectivity index (χ3n) is 4.76. The first-order valence-corrected chi connectivity index (χ1v) is 9.14. The lowest BCUT2D eigenvalue weighted by Crippen LogP contribution is -2.40. The molecule has 3 heterocycles. The molecule has 1 amide bonds. The predicted octanol–water partition coefficient (Wildman–Crippen LogP) is 1.13. The van der Waals surface area contributed by atoms with Crippen LogP contribution in [0.3, 0.4) is 0 Å². The molecule has 1 fully saturated rings. The number of amides is 1. The maximum Gasteiger partial charge on any atom is 0.294 e. The zero-order chi connectivity index (χ0) is 18.8. The molecule has 0 spiro atoms. The summed E-state index contributed by atoms with van der Waals surface area (Å²) in [7, 11) is 0. The Hall–Kier alpha value is -2.87. The van der Waals surface area contributed by atoms with Crippen LogP contribution in [0.5, 0.6) is 0 Å². The SMILES string of the molecule is Cc1nn2c(CCCC(=O)N3CCOCC3)nc3ccccc3c2nc1=O. The number of hydrogen-bond donors (Lipinski definition) is 0. The van der Waals surface area contributed by atoms with Gasteiger partial charge in [0, 0.05) is 31.3 Å². The van der Waals surface area contributed by atoms with E-state index in [0.29, 0.717) is 62.7 Å². The lowest BCUT2D eigenvalue weighted by atomic mass is 10.2. The highest BCUT2D eigenvalue weighted by atomic mass is 16.5. The molecule has 0 saturated carbocycles. The van der Waals surface area contributed by atoms with Crippen LogP contribution in [-0.2, 0) is 16.0 Å². The van der Waals surface area contributed by atoms with Crippen molar-refractivity contribution in [2.45, 2.75) is 26.2 Å². The Bertz CT molecular complexity index is 1060. The molecule has 0 aliphatic carbocycles. The Morgan fingerprint density at radius 2 is 1.96 bits per heavy atom. The van der Waals surface area contributed by atoms with Crippen LogP contribution in [0.4, 0.5) is 0 Å². The largest absolute Gasteiger partial charge is 0.378 e. The smallest absolute Gasteiger partial charge is 0.294 e. The van der Waals surface area contributed by atoms with Crippen molar-refractivity contribution in [1.82, 2.24) is 24.5 Å². The van der Waals surface area contributed by atoms with Gasteiger partial charge in [-0.1, -0.05) is 12.1 Å². The molecule has 0 bridgehead atoms. The number of hydrogen-bond acceptors (Lipinski definition) is 6. The number of carbonyl (C=O) groups excluding carboxylic acids is 1. The summed E-state index contributed by atoms with van der Waals surface area (Å²) in [6, 6.07) is 7.56. The van der Waals surface area contributed by atoms with Crippen LogP contribution in [0.25, 0.3) is 16.6 Å². The van der Waals surface area contributed by atoms with E-state index < -0.39 is 0 Å². The van der Waals surface area contributed by atoms with E-state index in [2.05, 4.69) is 10.1 Å². The third kappa shape index (κ3) is 3.52. The standard InChI is InChI=1S/C19H21N5O3/c1-13-19(26)21-18-14-5-2-3-6-15(14)20-16(24(18)22-13)7-4-8-17(25)23-9-11-27-12-10-23/h2-3,5-6H,4,7-12H2,1H3. The van der Waals surface area contributed by atoms with Gasteiger partial charge in [0.15, 0.2) is 5.65 Å². The third-order valence-corrected chi connectivity index (χ3v) is 4.76. The summed E-state index contributed by atoms with van der Waals surface area (Å²) in [5.74, 6) is 0.839. The lowest BCUT2D eigenvalue weighted by molar-refractivity contribution is -0.135. The van der Waals surface area contributed by atoms with Gasteiger partial charge in [-0.15, -0.1) is 0 Å². The summed E-state index contributed by atoms with van der Waals surface area (Å²) in [4.78, 5) is 35.1. The number of fused-ring (bicyclic) bond motifs is 3. The molecule has 3 aromatic rings. The van der Waals surface area contributed by atoms with E-state index in [9.17, 15) is 9.59 Å². The Balaban J connectivity index is 1.61. The van der Waals surface area contributed by atoms with Gasteiger partial charge in [0.1, 0.15) is 11.5 Å². The van der Waals surface area contributed by atoms with Crippen molar-refractivity contribution in [3.63, 3.8) is 0 Å². The van der Waals surface area contributed by atoms with Crippen LogP contribution in [0.2, 0.25) is 0 Å². The summed E-state index contributed by atoms with van der Waals surface area (Å²) in [5, 5.41) is 5.17. The topological polar surface area (TPSA) is 89.7 Å². The van der Waals surface area contributed by atoms with E-state index in [1.165, 1.54) is 0 Å². The normalized spacial score (nSPS) is 14.8. The first kappa shape index (κ1) is 17.5. The van der Waals surface area contributed by atoms with Crippen LogP contribution in [0, 0.1) is 6.92 Å². The van der Waals surface area contributed by atoms with E-state index in [1.54, 1.807) is 11.4 Å². The molecule has 0 N–H and O–H groups in total. The summed E-state index contributed by atoms with van der Waals surface area (Å²) >= 11 is 0. The molecule has 2 aromatic heterocycles. The number of morpholine rings is 1. The fraction of sp³-hybridized carbons (Fsp3) is 0.421. The number of aryl methyl sites for hydroxylation is 2. The monoisotopic (exact) mass is 367 g/mol. The van der Waals surface area contributed by atoms with Crippen LogP contribution < -0.4 is 5.56 Å². The fourth-order valence-corrected chi connectivity index (χ4v) is 3.30. The number of nitrogens with zero attached hydrogens (tertiary/aromatic N) is 5. The molecule has 0 unspecified atom stereocenters. The Kier molecular flexibility index (Phi) is 4.81. The molecule has 1 aromatic carbocycles. The van der Waals surface area contributed by atoms with E-state index in [0.717, 1.165) is 10.9 Å². The zero-order valence-corrected chi connectivity index (χ0v) is 15.2. The van der Waals surface area contributed by atoms with Gasteiger partial charge in [-0.3, -0.25) is 9.59 Å². The summed E-state index contributed by atoms with van der Waals surface area (Å²) in [6.07, 6.45) is 1.68. The van der Waals surface area contributed by atoms with Gasteiger partial charge >= 0.3 is 0 Å². The second-order valence-corrected chi connectivity index (χ2v) is 6.63. The molecule has 1 saturated heterocycles. The summed E-state index contributed by atoms with van der Waals surface area (Å²) < 4.78 is 6.92. The van der Waals surface area contributed by atoms with Gasteiger partial charge < -0.3 is 9.64 Å². The predicted molar refractivity (Wildman–Crippen MR) is 99.6 cm³/mol. The number of carbonyl (C=O) groups is 1. The molecular weight excluding hydrogens is 346 g/mol. The molecular formula is C19H21N5O3. The van der Waals surface area contributed by atoms with E-state index in [-0.39, 0.29) is 11.5 Å². The Morgan fingerprint density at radius 1 is 1.19 bits per heavy atom. The van der Waals surface area contributed by atoms with Gasteiger partial charge in [-0.2, -0.15) is 14.6 Å². The second kappa shape index (κ2) is 7.40. The number of aromatic nitrogens is 4. The van der Waals surface area contributed by atoms with E-state index >= 15 is 0 Å². The van der Waals surface area contributed by atoms with Gasteiger partial charge in [0.2, 0.25) is 5.91 Å². The van der Waals surface area contributed by atoms with E-state index in [1.807, 2.05) is 29.2 Å². The van der Waals surface area contributed by atoms with Crippen LogP contribution >= 0.6 is 0 Å². The fourth-order valence-electron chi connectivity index (χ4n) is 3.30. The Morgan fingerprint density at radius 3 is 2.78 bits per heavy atom. The second-order valence-electron chi connectivity index (χ2n) is 6.63. The van der Waals surface area contributed by atoms with Crippen molar-refractivity contribution in [3.8, 4) is 0 Å². The first-order valence-electron chi connectivity index (χ1n) is 9.14. The average Bonchev–Trinajstić information content (AvgIpc) is 2.70. The van der Waals surface area contributed by atoms with Crippen molar-refractivity contribution in [2.75, 3.05) is 26.3 Å². The molecule has 1 aliphatic heterocycles. The number of ether oxygens (including phenoxy) is 1. The summed E-state index contributed by atoms with van der Waals surface area (Å²) in [6.45, 7) is 4.15. The highest BCUT2D eigenvalue weighted by Gasteiger charge is 2.17. The van der Waals surface area contributed by atoms with Gasteiger partial charge in [-0.25, -0.2) is 4.98 Å². The highest BCUT2D eigenvalue weighted by Crippen LogP contribution is 2.18. The summed E-state index contributed by atoms with van der Waals surface area (Å²) in [5.41, 5.74) is 1.27. The minimum atomic E-state index is -0.334. The molecule has 1 aliphatic rings. The average molecular weight is 367 g/mol. The minimum absolute atomic E-state index is 0.137. The maximum absolute atomic E-state index is 12.3. The van der Waals surface area contributed by atoms with Crippen molar-refractivity contribution in [3.05, 3.63) is 46.1 Å². The van der Waals surface area contributed by atoms with Crippen molar-refractivity contribution in [2.24, 2.45) is 0 Å². The molecule has 140 valence electrons. The minimum Gasteiger partial charge on any atom is -0.378 e. The molecule has 4 rings (SSSR count). The van der Waals surface area contributed by atoms with Crippen LogP contribution in [-0.4, -0.2) is 56.7 Å². The highest BCUT2D eigenvalue weighted by molar-refractivity contribution is 5.90. The maximum atomic E-state index is 12.3. The molecule has 0 atom stereocenters. The molecule has 0 radical (unpaired) electrons. The van der Waals surface area contributed by atoms with Crippen LogP contribution in [0.15, 0.2) is 29.1 Å². The van der Waals surface area contributed by atoms with Crippen LogP contribution in [0.1, 0.15) is 24.4 Å². The molecule has 27 heavy (non-hydrogen) atoms. The lowest BCUT2D eigenvalue weighted by Gasteiger charge is -2.26. The number of para-hydroxylation sites is 1. The van der Waals surface area contributed by atoms with Crippen molar-refractivity contribution < 1.29 is 9.53 Å². The van der Waals surface area contributed by atoms with Gasteiger partial charge in [-0.05, 0) is 25.5 Å². The van der Waals surface area contributed by atoms with Crippen molar-refractivity contribution in [1.29, 1.82) is 0 Å². The van der Waals surface area contributed by atoms with E-state index in [4.69, 9.17) is 9.72 Å². The Labute approximate surface area is 155 Å². The van der Waals surface area contributed by atoms with Crippen molar-refractivity contribution >= 4 is 22.5 Å². The van der Waals surface area contributed by atoms with Gasteiger partial charge in [0.25, 0.3) is 5.56 Å².